The van der Waals surface area contributed by atoms with Gasteiger partial charge in [-0.1, -0.05) is 19.1 Å². The molecule has 5 heteroatoms. The van der Waals surface area contributed by atoms with Gasteiger partial charge in [-0.2, -0.15) is 0 Å². The number of carboxylic acids is 1. The van der Waals surface area contributed by atoms with Crippen LogP contribution in [0.15, 0.2) is 12.7 Å². The number of aliphatic carboxylic acids is 1. The molecule has 0 aromatic heterocycles. The fourth-order valence-corrected chi connectivity index (χ4v) is 3.14. The summed E-state index contributed by atoms with van der Waals surface area (Å²) < 4.78 is 4.81. The average Bonchev–Trinajstić information content (AvgIpc) is 2.66. The van der Waals surface area contributed by atoms with Crippen LogP contribution in [-0.4, -0.2) is 29.8 Å². The van der Waals surface area contributed by atoms with Crippen molar-refractivity contribution in [1.82, 2.24) is 5.32 Å². The van der Waals surface area contributed by atoms with Crippen LogP contribution in [0.5, 0.6) is 0 Å². The summed E-state index contributed by atoms with van der Waals surface area (Å²) in [5.41, 5.74) is 0. The molecule has 94 valence electrons. The molecule has 2 saturated carbocycles. The highest BCUT2D eigenvalue weighted by Gasteiger charge is 2.56. The number of rotatable bonds is 4. The number of fused-ring (bicyclic) bond motifs is 1. The van der Waals surface area contributed by atoms with Crippen LogP contribution in [0.2, 0.25) is 0 Å². The van der Waals surface area contributed by atoms with Crippen LogP contribution in [-0.2, 0) is 9.53 Å². The van der Waals surface area contributed by atoms with E-state index in [0.29, 0.717) is 5.92 Å². The first kappa shape index (κ1) is 12.0. The van der Waals surface area contributed by atoms with Gasteiger partial charge in [0.1, 0.15) is 6.61 Å². The van der Waals surface area contributed by atoms with E-state index in [1.807, 2.05) is 0 Å². The van der Waals surface area contributed by atoms with Gasteiger partial charge in [-0.05, 0) is 24.7 Å². The zero-order chi connectivity index (χ0) is 12.4. The van der Waals surface area contributed by atoms with Gasteiger partial charge < -0.3 is 15.2 Å². The first-order chi connectivity index (χ1) is 8.15. The summed E-state index contributed by atoms with van der Waals surface area (Å²) in [6.45, 7) is 3.59. The Hall–Kier alpha value is -1.52. The molecule has 5 nitrogen and oxygen atoms in total. The van der Waals surface area contributed by atoms with Crippen LogP contribution in [0.25, 0.3) is 0 Å². The fraction of sp³-hybridized carbons (Fsp3) is 0.667. The fourth-order valence-electron chi connectivity index (χ4n) is 3.14. The third-order valence-corrected chi connectivity index (χ3v) is 3.84. The summed E-state index contributed by atoms with van der Waals surface area (Å²) in [7, 11) is 0. The zero-order valence-corrected chi connectivity index (χ0v) is 9.59. The second kappa shape index (κ2) is 4.77. The molecule has 0 unspecified atom stereocenters. The average molecular weight is 239 g/mol. The number of carboxylic acid groups (broad SMARTS) is 1. The van der Waals surface area contributed by atoms with Crippen molar-refractivity contribution in [3.05, 3.63) is 12.7 Å². The quantitative estimate of drug-likeness (QED) is 0.727. The van der Waals surface area contributed by atoms with E-state index in [1.54, 1.807) is 0 Å². The molecule has 0 aromatic carbocycles. The second-order valence-electron chi connectivity index (χ2n) is 4.68. The zero-order valence-electron chi connectivity index (χ0n) is 9.59. The highest BCUT2D eigenvalue weighted by molar-refractivity contribution is 5.75. The number of nitrogens with one attached hydrogen (secondary N) is 1. The summed E-state index contributed by atoms with van der Waals surface area (Å²) >= 11 is 0. The van der Waals surface area contributed by atoms with Crippen molar-refractivity contribution in [1.29, 1.82) is 0 Å². The maximum Gasteiger partial charge on any atom is 0.407 e. The predicted molar refractivity (Wildman–Crippen MR) is 60.4 cm³/mol. The predicted octanol–water partition coefficient (Wildman–Crippen LogP) is 1.40. The van der Waals surface area contributed by atoms with Gasteiger partial charge in [0, 0.05) is 6.04 Å². The minimum absolute atomic E-state index is 0.143. The first-order valence-corrected chi connectivity index (χ1v) is 5.92. The van der Waals surface area contributed by atoms with Gasteiger partial charge in [-0.25, -0.2) is 4.79 Å². The lowest BCUT2D eigenvalue weighted by Gasteiger charge is -2.46. The monoisotopic (exact) mass is 239 g/mol. The molecule has 2 fully saturated rings. The minimum atomic E-state index is -0.817. The van der Waals surface area contributed by atoms with E-state index in [2.05, 4.69) is 11.9 Å². The van der Waals surface area contributed by atoms with Crippen LogP contribution in [0, 0.1) is 17.8 Å². The molecule has 0 bridgehead atoms. The SMILES string of the molecule is C=CCOC(=O)N[C@H]1[C@@H]2CCC[C@@H]2[C@@H]1C(=O)O. The van der Waals surface area contributed by atoms with E-state index in [1.165, 1.54) is 6.08 Å². The lowest BCUT2D eigenvalue weighted by molar-refractivity contribution is -0.152. The van der Waals surface area contributed by atoms with Gasteiger partial charge in [0.15, 0.2) is 0 Å². The Labute approximate surface area is 99.8 Å². The van der Waals surface area contributed by atoms with Crippen LogP contribution in [0.3, 0.4) is 0 Å². The molecule has 0 aliphatic heterocycles. The molecule has 0 spiro atoms. The van der Waals surface area contributed by atoms with Crippen molar-refractivity contribution in [2.75, 3.05) is 6.61 Å². The molecule has 0 aromatic rings. The van der Waals surface area contributed by atoms with Gasteiger partial charge >= 0.3 is 12.1 Å². The van der Waals surface area contributed by atoms with Crippen LogP contribution >= 0.6 is 0 Å². The molecule has 0 heterocycles. The summed E-state index contributed by atoms with van der Waals surface area (Å²) in [4.78, 5) is 22.5. The number of amides is 1. The van der Waals surface area contributed by atoms with Crippen LogP contribution in [0.4, 0.5) is 4.79 Å². The van der Waals surface area contributed by atoms with Crippen molar-refractivity contribution in [2.45, 2.75) is 25.3 Å². The Bertz CT molecular complexity index is 341. The molecule has 1 amide bonds. The van der Waals surface area contributed by atoms with Crippen molar-refractivity contribution >= 4 is 12.1 Å². The first-order valence-electron chi connectivity index (χ1n) is 5.92. The van der Waals surface area contributed by atoms with Gasteiger partial charge in [0.05, 0.1) is 5.92 Å². The van der Waals surface area contributed by atoms with Crippen molar-refractivity contribution in [2.24, 2.45) is 17.8 Å². The second-order valence-corrected chi connectivity index (χ2v) is 4.68. The Kier molecular flexibility index (Phi) is 3.36. The molecule has 4 atom stereocenters. The number of carbonyl (C=O) groups is 2. The molecule has 2 rings (SSSR count). The number of hydrogen-bond acceptors (Lipinski definition) is 3. The maximum absolute atomic E-state index is 11.4. The van der Waals surface area contributed by atoms with Crippen LogP contribution in [0.1, 0.15) is 19.3 Å². The number of carbonyl (C=O) groups excluding carboxylic acids is 1. The normalized spacial score (nSPS) is 34.4. The van der Waals surface area contributed by atoms with E-state index in [0.717, 1.165) is 19.3 Å². The molecule has 17 heavy (non-hydrogen) atoms. The Morgan fingerprint density at radius 1 is 1.41 bits per heavy atom. The Balaban J connectivity index is 1.92. The van der Waals surface area contributed by atoms with Gasteiger partial charge in [0.2, 0.25) is 0 Å². The molecular formula is C12H17NO4. The van der Waals surface area contributed by atoms with E-state index in [-0.39, 0.29) is 18.6 Å². The molecule has 0 saturated heterocycles. The summed E-state index contributed by atoms with van der Waals surface area (Å²) in [6.07, 6.45) is 3.95. The van der Waals surface area contributed by atoms with E-state index in [4.69, 9.17) is 9.84 Å². The smallest absolute Gasteiger partial charge is 0.407 e. The number of ether oxygens (including phenoxy) is 1. The summed E-state index contributed by atoms with van der Waals surface area (Å²) in [5.74, 6) is -0.717. The molecule has 2 aliphatic carbocycles. The van der Waals surface area contributed by atoms with E-state index >= 15 is 0 Å². The standard InChI is InChI=1S/C12H17NO4/c1-2-6-17-12(16)13-10-8-5-3-4-7(8)9(10)11(14)15/h2,7-10H,1,3-6H2,(H,13,16)(H,14,15)/t7-,8+,9-,10-/m0/s1. The summed E-state index contributed by atoms with van der Waals surface area (Å²) in [6, 6.07) is -0.266. The lowest BCUT2D eigenvalue weighted by atomic mass is 9.62. The van der Waals surface area contributed by atoms with Crippen LogP contribution < -0.4 is 5.32 Å². The molecule has 2 aliphatic rings. The molecule has 2 N–H and O–H groups in total. The van der Waals surface area contributed by atoms with Crippen molar-refractivity contribution in [3.8, 4) is 0 Å². The number of alkyl carbamates (subject to hydrolysis) is 1. The summed E-state index contributed by atoms with van der Waals surface area (Å²) in [5, 5.41) is 11.8. The lowest BCUT2D eigenvalue weighted by Crippen LogP contribution is -2.60. The third-order valence-electron chi connectivity index (χ3n) is 3.84. The Morgan fingerprint density at radius 2 is 2.12 bits per heavy atom. The van der Waals surface area contributed by atoms with Gasteiger partial charge in [-0.15, -0.1) is 0 Å². The van der Waals surface area contributed by atoms with Crippen molar-refractivity contribution < 1.29 is 19.4 Å². The highest BCUT2D eigenvalue weighted by atomic mass is 16.5. The highest BCUT2D eigenvalue weighted by Crippen LogP contribution is 2.51. The number of hydrogen-bond donors (Lipinski definition) is 2. The van der Waals surface area contributed by atoms with Gasteiger partial charge in [-0.3, -0.25) is 4.79 Å². The van der Waals surface area contributed by atoms with E-state index in [9.17, 15) is 9.59 Å². The largest absolute Gasteiger partial charge is 0.481 e. The van der Waals surface area contributed by atoms with Crippen molar-refractivity contribution in [3.63, 3.8) is 0 Å². The molecule has 0 radical (unpaired) electrons. The maximum atomic E-state index is 11.4. The topological polar surface area (TPSA) is 75.6 Å². The molecular weight excluding hydrogens is 222 g/mol. The van der Waals surface area contributed by atoms with E-state index < -0.39 is 18.0 Å². The Morgan fingerprint density at radius 3 is 2.76 bits per heavy atom. The minimum Gasteiger partial charge on any atom is -0.481 e. The third kappa shape index (κ3) is 2.14. The van der Waals surface area contributed by atoms with Gasteiger partial charge in [0.25, 0.3) is 0 Å².